The minimum atomic E-state index is -0.205. The van der Waals surface area contributed by atoms with E-state index in [9.17, 15) is 4.79 Å². The van der Waals surface area contributed by atoms with Crippen LogP contribution in [0.2, 0.25) is 0 Å². The molecule has 172 valence electrons. The van der Waals surface area contributed by atoms with Crippen LogP contribution in [-0.2, 0) is 17.8 Å². The van der Waals surface area contributed by atoms with Gasteiger partial charge in [-0.2, -0.15) is 5.10 Å². The van der Waals surface area contributed by atoms with Gasteiger partial charge < -0.3 is 14.2 Å². The summed E-state index contributed by atoms with van der Waals surface area (Å²) in [7, 11) is 3.20. The molecule has 1 N–H and O–H groups in total. The van der Waals surface area contributed by atoms with E-state index in [2.05, 4.69) is 34.8 Å². The molecule has 6 heteroatoms. The number of nitrogens with one attached hydrogen (secondary N) is 1. The van der Waals surface area contributed by atoms with Gasteiger partial charge >= 0.3 is 0 Å². The largest absolute Gasteiger partial charge is 0.497 e. The average Bonchev–Trinajstić information content (AvgIpc) is 2.88. The zero-order chi connectivity index (χ0) is 23.8. The molecule has 1 amide bonds. The SMILES string of the molecule is COc1ccc(CC(=O)N/N=C\c2ccc(OCc3cccc4ccccc34)c(OC)c2)cc1. The number of hydrazone groups is 1. The number of benzene rings is 4. The molecule has 0 aromatic heterocycles. The molecule has 0 aliphatic rings. The first kappa shape index (κ1) is 22.9. The Hall–Kier alpha value is -4.32. The van der Waals surface area contributed by atoms with Gasteiger partial charge in [0.15, 0.2) is 11.5 Å². The van der Waals surface area contributed by atoms with E-state index in [1.54, 1.807) is 20.4 Å². The van der Waals surface area contributed by atoms with Gasteiger partial charge in [0.05, 0.1) is 26.9 Å². The van der Waals surface area contributed by atoms with Gasteiger partial charge in [0, 0.05) is 0 Å². The molecule has 0 saturated heterocycles. The molecule has 0 bridgehead atoms. The third-order valence-corrected chi connectivity index (χ3v) is 5.38. The molecule has 0 saturated carbocycles. The van der Waals surface area contributed by atoms with Crippen LogP contribution in [0.15, 0.2) is 90.0 Å². The number of rotatable bonds is 9. The fourth-order valence-corrected chi connectivity index (χ4v) is 3.60. The number of nitrogens with zero attached hydrogens (tertiary/aromatic N) is 1. The van der Waals surface area contributed by atoms with Crippen molar-refractivity contribution >= 4 is 22.9 Å². The van der Waals surface area contributed by atoms with Crippen molar-refractivity contribution in [3.63, 3.8) is 0 Å². The van der Waals surface area contributed by atoms with Crippen molar-refractivity contribution < 1.29 is 19.0 Å². The van der Waals surface area contributed by atoms with Crippen LogP contribution < -0.4 is 19.6 Å². The van der Waals surface area contributed by atoms with Gasteiger partial charge in [0.2, 0.25) is 5.91 Å². The minimum absolute atomic E-state index is 0.205. The maximum Gasteiger partial charge on any atom is 0.244 e. The molecule has 4 aromatic carbocycles. The lowest BCUT2D eigenvalue weighted by Crippen LogP contribution is -2.19. The molecule has 0 aliphatic carbocycles. The van der Waals surface area contributed by atoms with Crippen molar-refractivity contribution in [3.8, 4) is 17.2 Å². The molecule has 6 nitrogen and oxygen atoms in total. The van der Waals surface area contributed by atoms with Gasteiger partial charge in [-0.05, 0) is 57.8 Å². The fourth-order valence-electron chi connectivity index (χ4n) is 3.60. The summed E-state index contributed by atoms with van der Waals surface area (Å²) in [6, 6.07) is 27.3. The number of hydrogen-bond donors (Lipinski definition) is 1. The van der Waals surface area contributed by atoms with Crippen LogP contribution in [0.1, 0.15) is 16.7 Å². The molecule has 0 unspecified atom stereocenters. The quantitative estimate of drug-likeness (QED) is 0.281. The molecule has 0 fully saturated rings. The molecule has 0 radical (unpaired) electrons. The Morgan fingerprint density at radius 2 is 1.68 bits per heavy atom. The Balaban J connectivity index is 1.36. The summed E-state index contributed by atoms with van der Waals surface area (Å²) in [5.41, 5.74) is 5.31. The summed E-state index contributed by atoms with van der Waals surface area (Å²) in [5.74, 6) is 1.77. The van der Waals surface area contributed by atoms with E-state index >= 15 is 0 Å². The normalized spacial score (nSPS) is 10.9. The van der Waals surface area contributed by atoms with E-state index in [0.717, 1.165) is 27.8 Å². The van der Waals surface area contributed by atoms with Gasteiger partial charge in [-0.25, -0.2) is 5.43 Å². The maximum atomic E-state index is 12.1. The number of fused-ring (bicyclic) bond motifs is 1. The van der Waals surface area contributed by atoms with Gasteiger partial charge in [-0.15, -0.1) is 0 Å². The third-order valence-electron chi connectivity index (χ3n) is 5.38. The highest BCUT2D eigenvalue weighted by molar-refractivity contribution is 5.86. The molecular weight excluding hydrogens is 428 g/mol. The second-order valence-corrected chi connectivity index (χ2v) is 7.66. The monoisotopic (exact) mass is 454 g/mol. The standard InChI is InChI=1S/C28H26N2O4/c1-32-24-13-10-20(11-14-24)17-28(31)30-29-18-21-12-15-26(27(16-21)33-2)34-19-23-8-5-7-22-6-3-4-9-25(22)23/h3-16,18H,17,19H2,1-2H3,(H,30,31)/b29-18-. The Labute approximate surface area is 198 Å². The first-order valence-corrected chi connectivity index (χ1v) is 10.9. The van der Waals surface area contributed by atoms with Gasteiger partial charge in [0.1, 0.15) is 12.4 Å². The first-order valence-electron chi connectivity index (χ1n) is 10.9. The summed E-state index contributed by atoms with van der Waals surface area (Å²) in [6.07, 6.45) is 1.80. The van der Waals surface area contributed by atoms with E-state index in [1.165, 1.54) is 5.39 Å². The Bertz CT molecular complexity index is 1290. The molecule has 4 aromatic rings. The Morgan fingerprint density at radius 1 is 0.882 bits per heavy atom. The van der Waals surface area contributed by atoms with Crippen molar-refractivity contribution in [3.05, 3.63) is 102 Å². The first-order chi connectivity index (χ1) is 16.7. The summed E-state index contributed by atoms with van der Waals surface area (Å²) in [6.45, 7) is 0.423. The highest BCUT2D eigenvalue weighted by atomic mass is 16.5. The highest BCUT2D eigenvalue weighted by Crippen LogP contribution is 2.29. The van der Waals surface area contributed by atoms with E-state index in [1.807, 2.05) is 60.7 Å². The summed E-state index contributed by atoms with van der Waals surface area (Å²) >= 11 is 0. The lowest BCUT2D eigenvalue weighted by molar-refractivity contribution is -0.120. The number of amides is 1. The van der Waals surface area contributed by atoms with Crippen molar-refractivity contribution in [2.24, 2.45) is 5.10 Å². The smallest absolute Gasteiger partial charge is 0.244 e. The van der Waals surface area contributed by atoms with Crippen molar-refractivity contribution in [2.45, 2.75) is 13.0 Å². The zero-order valence-corrected chi connectivity index (χ0v) is 19.2. The second-order valence-electron chi connectivity index (χ2n) is 7.66. The van der Waals surface area contributed by atoms with E-state index in [0.29, 0.717) is 18.1 Å². The molecule has 0 spiro atoms. The molecule has 0 atom stereocenters. The lowest BCUT2D eigenvalue weighted by atomic mass is 10.1. The maximum absolute atomic E-state index is 12.1. The third kappa shape index (κ3) is 5.72. The molecule has 4 rings (SSSR count). The fraction of sp³-hybridized carbons (Fsp3) is 0.143. The summed E-state index contributed by atoms with van der Waals surface area (Å²) in [5, 5.41) is 6.40. The summed E-state index contributed by atoms with van der Waals surface area (Å²) in [4.78, 5) is 12.1. The summed E-state index contributed by atoms with van der Waals surface area (Å²) < 4.78 is 16.7. The van der Waals surface area contributed by atoms with Gasteiger partial charge in [-0.1, -0.05) is 54.6 Å². The van der Waals surface area contributed by atoms with Crippen LogP contribution in [-0.4, -0.2) is 26.3 Å². The van der Waals surface area contributed by atoms with Crippen molar-refractivity contribution in [1.82, 2.24) is 5.43 Å². The van der Waals surface area contributed by atoms with Gasteiger partial charge in [-0.3, -0.25) is 4.79 Å². The predicted octanol–water partition coefficient (Wildman–Crippen LogP) is 5.13. The molecule has 0 aliphatic heterocycles. The van der Waals surface area contributed by atoms with Crippen LogP contribution in [0, 0.1) is 0 Å². The van der Waals surface area contributed by atoms with Crippen molar-refractivity contribution in [1.29, 1.82) is 0 Å². The Morgan fingerprint density at radius 3 is 2.47 bits per heavy atom. The van der Waals surface area contributed by atoms with Crippen LogP contribution in [0.5, 0.6) is 17.2 Å². The number of carbonyl (C=O) groups excluding carboxylic acids is 1. The zero-order valence-electron chi connectivity index (χ0n) is 19.2. The van der Waals surface area contributed by atoms with Crippen LogP contribution in [0.25, 0.3) is 10.8 Å². The average molecular weight is 455 g/mol. The topological polar surface area (TPSA) is 69.2 Å². The van der Waals surface area contributed by atoms with Crippen LogP contribution in [0.4, 0.5) is 0 Å². The van der Waals surface area contributed by atoms with E-state index < -0.39 is 0 Å². The van der Waals surface area contributed by atoms with Gasteiger partial charge in [0.25, 0.3) is 0 Å². The Kier molecular flexibility index (Phi) is 7.40. The van der Waals surface area contributed by atoms with E-state index in [4.69, 9.17) is 14.2 Å². The van der Waals surface area contributed by atoms with Crippen LogP contribution >= 0.6 is 0 Å². The lowest BCUT2D eigenvalue weighted by Gasteiger charge is -2.12. The van der Waals surface area contributed by atoms with Crippen molar-refractivity contribution in [2.75, 3.05) is 14.2 Å². The van der Waals surface area contributed by atoms with Crippen LogP contribution in [0.3, 0.4) is 0 Å². The minimum Gasteiger partial charge on any atom is -0.497 e. The predicted molar refractivity (Wildman–Crippen MR) is 134 cm³/mol. The molecule has 34 heavy (non-hydrogen) atoms. The van der Waals surface area contributed by atoms with E-state index in [-0.39, 0.29) is 12.3 Å². The second kappa shape index (κ2) is 11.0. The number of methoxy groups -OCH3 is 2. The number of ether oxygens (including phenoxy) is 3. The highest BCUT2D eigenvalue weighted by Gasteiger charge is 2.08. The number of hydrogen-bond acceptors (Lipinski definition) is 5. The molecular formula is C28H26N2O4. The number of carbonyl (C=O) groups is 1. The molecule has 0 heterocycles.